The normalized spacial score (nSPS) is 10.3. The first kappa shape index (κ1) is 15.0. The van der Waals surface area contributed by atoms with E-state index in [-0.39, 0.29) is 12.4 Å². The van der Waals surface area contributed by atoms with Crippen molar-refractivity contribution in [3.05, 3.63) is 70.2 Å². The molecule has 0 unspecified atom stereocenters. The molecule has 0 heterocycles. The Hall–Kier alpha value is -2.38. The number of nitriles is 1. The maximum atomic E-state index is 12.0. The zero-order chi connectivity index (χ0) is 15.1. The maximum Gasteiger partial charge on any atom is 0.185 e. The third kappa shape index (κ3) is 4.59. The molecule has 2 aromatic carbocycles. The summed E-state index contributed by atoms with van der Waals surface area (Å²) in [5, 5.41) is 8.43. The Morgan fingerprint density at radius 3 is 2.67 bits per heavy atom. The van der Waals surface area contributed by atoms with E-state index in [1.807, 2.05) is 30.3 Å². The Balaban J connectivity index is 2.05. The SMILES string of the molecule is N#CCOc1ccc(C(=O)/C=C/c2cccc(Br)c2)cc1. The van der Waals surface area contributed by atoms with E-state index in [1.54, 1.807) is 30.3 Å². The monoisotopic (exact) mass is 341 g/mol. The summed E-state index contributed by atoms with van der Waals surface area (Å²) in [4.78, 5) is 12.0. The maximum absolute atomic E-state index is 12.0. The van der Waals surface area contributed by atoms with Crippen molar-refractivity contribution in [2.75, 3.05) is 6.61 Å². The lowest BCUT2D eigenvalue weighted by Crippen LogP contribution is -1.96. The minimum atomic E-state index is -0.0817. The van der Waals surface area contributed by atoms with Gasteiger partial charge in [0.15, 0.2) is 12.4 Å². The van der Waals surface area contributed by atoms with Crippen LogP contribution in [0.4, 0.5) is 0 Å². The average Bonchev–Trinajstić information content (AvgIpc) is 2.51. The number of benzene rings is 2. The number of halogens is 1. The summed E-state index contributed by atoms with van der Waals surface area (Å²) >= 11 is 3.39. The van der Waals surface area contributed by atoms with E-state index >= 15 is 0 Å². The topological polar surface area (TPSA) is 50.1 Å². The summed E-state index contributed by atoms with van der Waals surface area (Å²) in [6.45, 7) is -0.00389. The van der Waals surface area contributed by atoms with Gasteiger partial charge in [0.1, 0.15) is 11.8 Å². The fourth-order valence-electron chi connectivity index (χ4n) is 1.71. The smallest absolute Gasteiger partial charge is 0.185 e. The molecule has 0 bridgehead atoms. The molecule has 0 aliphatic carbocycles. The summed E-state index contributed by atoms with van der Waals surface area (Å²) in [7, 11) is 0. The van der Waals surface area contributed by atoms with Crippen LogP contribution in [-0.2, 0) is 0 Å². The lowest BCUT2D eigenvalue weighted by atomic mass is 10.1. The Labute approximate surface area is 131 Å². The minimum Gasteiger partial charge on any atom is -0.479 e. The van der Waals surface area contributed by atoms with Crippen LogP contribution in [0.2, 0.25) is 0 Å². The largest absolute Gasteiger partial charge is 0.479 e. The van der Waals surface area contributed by atoms with Crippen LogP contribution < -0.4 is 4.74 Å². The van der Waals surface area contributed by atoms with Gasteiger partial charge in [-0.15, -0.1) is 0 Å². The van der Waals surface area contributed by atoms with Crippen molar-refractivity contribution in [1.29, 1.82) is 5.26 Å². The Kier molecular flexibility index (Phi) is 5.30. The zero-order valence-electron chi connectivity index (χ0n) is 11.1. The lowest BCUT2D eigenvalue weighted by molar-refractivity contribution is 0.104. The summed E-state index contributed by atoms with van der Waals surface area (Å²) < 4.78 is 6.11. The highest BCUT2D eigenvalue weighted by atomic mass is 79.9. The standard InChI is InChI=1S/C17H12BrNO2/c18-15-3-1-2-13(12-15)4-9-17(20)14-5-7-16(8-6-14)21-11-10-19/h1-9,12H,11H2/b9-4+. The number of rotatable bonds is 5. The van der Waals surface area contributed by atoms with Crippen LogP contribution in [-0.4, -0.2) is 12.4 Å². The number of carbonyl (C=O) groups is 1. The number of hydrogen-bond donors (Lipinski definition) is 0. The van der Waals surface area contributed by atoms with Crippen molar-refractivity contribution in [2.45, 2.75) is 0 Å². The van der Waals surface area contributed by atoms with Crippen molar-refractivity contribution in [2.24, 2.45) is 0 Å². The molecule has 0 N–H and O–H groups in total. The molecule has 3 nitrogen and oxygen atoms in total. The molecule has 0 saturated carbocycles. The van der Waals surface area contributed by atoms with E-state index in [1.165, 1.54) is 6.08 Å². The molecule has 21 heavy (non-hydrogen) atoms. The minimum absolute atomic E-state index is 0.00389. The second-order valence-electron chi connectivity index (χ2n) is 4.22. The van der Waals surface area contributed by atoms with Gasteiger partial charge in [0.05, 0.1) is 0 Å². The molecular weight excluding hydrogens is 330 g/mol. The molecule has 2 aromatic rings. The molecule has 0 saturated heterocycles. The van der Waals surface area contributed by atoms with Gasteiger partial charge in [-0.1, -0.05) is 34.1 Å². The number of ether oxygens (including phenoxy) is 1. The van der Waals surface area contributed by atoms with Gasteiger partial charge in [-0.05, 0) is 48.0 Å². The quantitative estimate of drug-likeness (QED) is 0.603. The highest BCUT2D eigenvalue weighted by Crippen LogP contribution is 2.15. The van der Waals surface area contributed by atoms with Gasteiger partial charge >= 0.3 is 0 Å². The molecule has 0 aliphatic rings. The second-order valence-corrected chi connectivity index (χ2v) is 5.14. The van der Waals surface area contributed by atoms with Crippen LogP contribution in [0.25, 0.3) is 6.08 Å². The predicted molar refractivity (Wildman–Crippen MR) is 85.1 cm³/mol. The van der Waals surface area contributed by atoms with Gasteiger partial charge in [0, 0.05) is 10.0 Å². The first-order valence-electron chi connectivity index (χ1n) is 6.27. The third-order valence-electron chi connectivity index (χ3n) is 2.72. The van der Waals surface area contributed by atoms with Crippen LogP contribution in [0.3, 0.4) is 0 Å². The van der Waals surface area contributed by atoms with E-state index in [2.05, 4.69) is 15.9 Å². The van der Waals surface area contributed by atoms with Gasteiger partial charge in [-0.25, -0.2) is 0 Å². The van der Waals surface area contributed by atoms with Crippen LogP contribution in [0, 0.1) is 11.3 Å². The van der Waals surface area contributed by atoms with Gasteiger partial charge in [-0.2, -0.15) is 5.26 Å². The lowest BCUT2D eigenvalue weighted by Gasteiger charge is -2.02. The molecule has 0 fully saturated rings. The van der Waals surface area contributed by atoms with Gasteiger partial charge in [0.2, 0.25) is 0 Å². The number of nitrogens with zero attached hydrogens (tertiary/aromatic N) is 1. The highest BCUT2D eigenvalue weighted by molar-refractivity contribution is 9.10. The van der Waals surface area contributed by atoms with Crippen molar-refractivity contribution in [3.8, 4) is 11.8 Å². The first-order chi connectivity index (χ1) is 10.2. The van der Waals surface area contributed by atoms with Gasteiger partial charge in [0.25, 0.3) is 0 Å². The molecular formula is C17H12BrNO2. The molecule has 4 heteroatoms. The Morgan fingerprint density at radius 1 is 1.24 bits per heavy atom. The van der Waals surface area contributed by atoms with Crippen molar-refractivity contribution < 1.29 is 9.53 Å². The van der Waals surface area contributed by atoms with E-state index < -0.39 is 0 Å². The second kappa shape index (κ2) is 7.41. The fourth-order valence-corrected chi connectivity index (χ4v) is 2.13. The Morgan fingerprint density at radius 2 is 2.00 bits per heavy atom. The van der Waals surface area contributed by atoms with E-state index in [4.69, 9.17) is 10.00 Å². The van der Waals surface area contributed by atoms with Crippen molar-refractivity contribution in [1.82, 2.24) is 0 Å². The average molecular weight is 342 g/mol. The molecule has 104 valence electrons. The van der Waals surface area contributed by atoms with Crippen LogP contribution in [0.1, 0.15) is 15.9 Å². The molecule has 0 spiro atoms. The van der Waals surface area contributed by atoms with Gasteiger partial charge in [-0.3, -0.25) is 4.79 Å². The van der Waals surface area contributed by atoms with Gasteiger partial charge < -0.3 is 4.74 Å². The number of allylic oxidation sites excluding steroid dienone is 1. The zero-order valence-corrected chi connectivity index (χ0v) is 12.7. The van der Waals surface area contributed by atoms with Crippen LogP contribution in [0.5, 0.6) is 5.75 Å². The fraction of sp³-hybridized carbons (Fsp3) is 0.0588. The molecule has 0 radical (unpaired) electrons. The van der Waals surface area contributed by atoms with Crippen molar-refractivity contribution >= 4 is 27.8 Å². The van der Waals surface area contributed by atoms with E-state index in [0.29, 0.717) is 11.3 Å². The molecule has 0 atom stereocenters. The first-order valence-corrected chi connectivity index (χ1v) is 7.06. The predicted octanol–water partition coefficient (Wildman–Crippen LogP) is 4.25. The summed E-state index contributed by atoms with van der Waals surface area (Å²) in [5.74, 6) is 0.492. The number of carbonyl (C=O) groups excluding carboxylic acids is 1. The summed E-state index contributed by atoms with van der Waals surface area (Å²) in [6, 6.07) is 16.3. The third-order valence-corrected chi connectivity index (χ3v) is 3.21. The molecule has 2 rings (SSSR count). The molecule has 0 amide bonds. The number of ketones is 1. The van der Waals surface area contributed by atoms with Crippen LogP contribution >= 0.6 is 15.9 Å². The summed E-state index contributed by atoms with van der Waals surface area (Å²) in [6.07, 6.45) is 3.31. The number of hydrogen-bond acceptors (Lipinski definition) is 3. The molecule has 0 aliphatic heterocycles. The Bertz CT molecular complexity index is 699. The van der Waals surface area contributed by atoms with Crippen molar-refractivity contribution in [3.63, 3.8) is 0 Å². The molecule has 0 aromatic heterocycles. The van der Waals surface area contributed by atoms with Crippen LogP contribution in [0.15, 0.2) is 59.1 Å². The highest BCUT2D eigenvalue weighted by Gasteiger charge is 2.02. The van der Waals surface area contributed by atoms with E-state index in [0.717, 1.165) is 10.0 Å². The summed E-state index contributed by atoms with van der Waals surface area (Å²) in [5.41, 5.74) is 1.53. The van der Waals surface area contributed by atoms with E-state index in [9.17, 15) is 4.79 Å².